The summed E-state index contributed by atoms with van der Waals surface area (Å²) in [5, 5.41) is 2.77. The minimum Gasteiger partial charge on any atom is -0.446 e. The summed E-state index contributed by atoms with van der Waals surface area (Å²) in [4.78, 5) is 31.0. The van der Waals surface area contributed by atoms with Crippen LogP contribution in [0, 0.1) is 0 Å². The van der Waals surface area contributed by atoms with Crippen molar-refractivity contribution in [1.29, 1.82) is 0 Å². The van der Waals surface area contributed by atoms with Gasteiger partial charge in [-0.2, -0.15) is 0 Å². The molecule has 2 amide bonds. The van der Waals surface area contributed by atoms with Crippen LogP contribution in [-0.2, 0) is 6.54 Å². The topological polar surface area (TPSA) is 75.4 Å². The van der Waals surface area contributed by atoms with Gasteiger partial charge in [0, 0.05) is 18.7 Å². The SMILES string of the molecule is CCCNC(=O)c1coc(CN(CCC)C(=O)c2ccc(-c3ccccc3)cc2)n1. The molecule has 0 aliphatic rings. The summed E-state index contributed by atoms with van der Waals surface area (Å²) < 4.78 is 5.44. The van der Waals surface area contributed by atoms with Gasteiger partial charge in [-0.15, -0.1) is 0 Å². The number of hydrogen-bond acceptors (Lipinski definition) is 4. The van der Waals surface area contributed by atoms with E-state index in [-0.39, 0.29) is 24.1 Å². The molecule has 1 aromatic heterocycles. The molecule has 0 aliphatic heterocycles. The molecule has 30 heavy (non-hydrogen) atoms. The number of benzene rings is 2. The Balaban J connectivity index is 1.70. The van der Waals surface area contributed by atoms with Crippen LogP contribution in [0.2, 0.25) is 0 Å². The Kier molecular flexibility index (Phi) is 7.38. The maximum atomic E-state index is 13.0. The van der Waals surface area contributed by atoms with Crippen LogP contribution in [0.5, 0.6) is 0 Å². The lowest BCUT2D eigenvalue weighted by molar-refractivity contribution is 0.0728. The standard InChI is InChI=1S/C24H27N3O3/c1-3-14-25-23(28)21-17-30-22(26-21)16-27(15-4-2)24(29)20-12-10-19(11-13-20)18-8-6-5-7-9-18/h5-13,17H,3-4,14-16H2,1-2H3,(H,25,28). The molecule has 1 N–H and O–H groups in total. The van der Waals surface area contributed by atoms with E-state index in [1.807, 2.05) is 68.4 Å². The first kappa shape index (κ1) is 21.3. The minimum atomic E-state index is -0.267. The van der Waals surface area contributed by atoms with Crippen molar-refractivity contribution < 1.29 is 14.0 Å². The lowest BCUT2D eigenvalue weighted by Crippen LogP contribution is -2.31. The minimum absolute atomic E-state index is 0.0911. The molecule has 0 bridgehead atoms. The van der Waals surface area contributed by atoms with E-state index in [9.17, 15) is 9.59 Å². The largest absolute Gasteiger partial charge is 0.446 e. The molecule has 0 saturated carbocycles. The molecular formula is C24H27N3O3. The Morgan fingerprint density at radius 1 is 0.967 bits per heavy atom. The zero-order valence-corrected chi connectivity index (χ0v) is 17.4. The monoisotopic (exact) mass is 405 g/mol. The number of oxazole rings is 1. The molecule has 0 spiro atoms. The van der Waals surface area contributed by atoms with E-state index in [0.717, 1.165) is 24.0 Å². The zero-order chi connectivity index (χ0) is 21.3. The lowest BCUT2D eigenvalue weighted by Gasteiger charge is -2.20. The summed E-state index contributed by atoms with van der Waals surface area (Å²) >= 11 is 0. The number of rotatable bonds is 9. The van der Waals surface area contributed by atoms with Crippen molar-refractivity contribution in [3.05, 3.63) is 78.0 Å². The Morgan fingerprint density at radius 3 is 2.33 bits per heavy atom. The van der Waals surface area contributed by atoms with Gasteiger partial charge in [0.05, 0.1) is 6.54 Å². The van der Waals surface area contributed by atoms with Crippen LogP contribution in [0.15, 0.2) is 65.3 Å². The van der Waals surface area contributed by atoms with Crippen molar-refractivity contribution >= 4 is 11.8 Å². The second-order valence-corrected chi connectivity index (χ2v) is 7.05. The van der Waals surface area contributed by atoms with Crippen molar-refractivity contribution in [2.24, 2.45) is 0 Å². The van der Waals surface area contributed by atoms with Crippen LogP contribution < -0.4 is 5.32 Å². The highest BCUT2D eigenvalue weighted by molar-refractivity contribution is 5.94. The van der Waals surface area contributed by atoms with Gasteiger partial charge in [0.1, 0.15) is 6.26 Å². The molecule has 0 fully saturated rings. The van der Waals surface area contributed by atoms with Crippen LogP contribution in [0.1, 0.15) is 53.4 Å². The number of carbonyl (C=O) groups excluding carboxylic acids is 2. The quantitative estimate of drug-likeness (QED) is 0.567. The van der Waals surface area contributed by atoms with Crippen molar-refractivity contribution in [3.8, 4) is 11.1 Å². The number of hydrogen-bond donors (Lipinski definition) is 1. The van der Waals surface area contributed by atoms with Gasteiger partial charge in [0.2, 0.25) is 5.89 Å². The van der Waals surface area contributed by atoms with Crippen LogP contribution >= 0.6 is 0 Å². The second-order valence-electron chi connectivity index (χ2n) is 7.05. The molecule has 1 heterocycles. The van der Waals surface area contributed by atoms with Crippen LogP contribution in [0.25, 0.3) is 11.1 Å². The number of aromatic nitrogens is 1. The predicted molar refractivity (Wildman–Crippen MR) is 116 cm³/mol. The summed E-state index contributed by atoms with van der Waals surface area (Å²) in [6, 6.07) is 17.6. The van der Waals surface area contributed by atoms with Gasteiger partial charge in [-0.3, -0.25) is 9.59 Å². The molecule has 2 aromatic carbocycles. The van der Waals surface area contributed by atoms with Crippen LogP contribution in [0.4, 0.5) is 0 Å². The van der Waals surface area contributed by atoms with E-state index in [1.165, 1.54) is 6.26 Å². The average Bonchev–Trinajstić information content (AvgIpc) is 3.26. The fourth-order valence-corrected chi connectivity index (χ4v) is 3.12. The number of amides is 2. The number of nitrogens with zero attached hydrogens (tertiary/aromatic N) is 2. The molecule has 6 nitrogen and oxygen atoms in total. The molecule has 156 valence electrons. The first-order valence-corrected chi connectivity index (χ1v) is 10.3. The van der Waals surface area contributed by atoms with Gasteiger partial charge < -0.3 is 14.6 Å². The van der Waals surface area contributed by atoms with E-state index in [4.69, 9.17) is 4.42 Å². The van der Waals surface area contributed by atoms with Gasteiger partial charge >= 0.3 is 0 Å². The van der Waals surface area contributed by atoms with Gasteiger partial charge in [-0.25, -0.2) is 4.98 Å². The Hall–Kier alpha value is -3.41. The van der Waals surface area contributed by atoms with Gasteiger partial charge in [-0.05, 0) is 36.1 Å². The number of nitrogens with one attached hydrogen (secondary N) is 1. The second kappa shape index (κ2) is 10.4. The van der Waals surface area contributed by atoms with Crippen molar-refractivity contribution in [2.75, 3.05) is 13.1 Å². The maximum Gasteiger partial charge on any atom is 0.273 e. The highest BCUT2D eigenvalue weighted by Gasteiger charge is 2.19. The van der Waals surface area contributed by atoms with Gasteiger partial charge in [0.25, 0.3) is 11.8 Å². The third-order valence-corrected chi connectivity index (χ3v) is 4.67. The smallest absolute Gasteiger partial charge is 0.273 e. The summed E-state index contributed by atoms with van der Waals surface area (Å²) in [7, 11) is 0. The Bertz CT molecular complexity index is 965. The third kappa shape index (κ3) is 5.35. The first-order chi connectivity index (χ1) is 14.6. The third-order valence-electron chi connectivity index (χ3n) is 4.67. The molecule has 0 aliphatic carbocycles. The van der Waals surface area contributed by atoms with E-state index in [2.05, 4.69) is 10.3 Å². The van der Waals surface area contributed by atoms with E-state index in [0.29, 0.717) is 24.5 Å². The molecule has 0 radical (unpaired) electrons. The molecule has 3 rings (SSSR count). The van der Waals surface area contributed by atoms with E-state index >= 15 is 0 Å². The Morgan fingerprint density at radius 2 is 1.67 bits per heavy atom. The van der Waals surface area contributed by atoms with E-state index in [1.54, 1.807) is 4.90 Å². The van der Waals surface area contributed by atoms with Crippen molar-refractivity contribution in [3.63, 3.8) is 0 Å². The molecular weight excluding hydrogens is 378 g/mol. The molecule has 0 atom stereocenters. The predicted octanol–water partition coefficient (Wildman–Crippen LogP) is 4.53. The van der Waals surface area contributed by atoms with Crippen LogP contribution in [-0.4, -0.2) is 34.8 Å². The summed E-state index contributed by atoms with van der Waals surface area (Å²) in [5.41, 5.74) is 3.00. The van der Waals surface area contributed by atoms with Crippen LogP contribution in [0.3, 0.4) is 0 Å². The highest BCUT2D eigenvalue weighted by atomic mass is 16.3. The fraction of sp³-hybridized carbons (Fsp3) is 0.292. The van der Waals surface area contributed by atoms with Gasteiger partial charge in [-0.1, -0.05) is 56.3 Å². The number of carbonyl (C=O) groups is 2. The normalized spacial score (nSPS) is 10.6. The van der Waals surface area contributed by atoms with E-state index < -0.39 is 0 Å². The summed E-state index contributed by atoms with van der Waals surface area (Å²) in [6.07, 6.45) is 2.99. The Labute approximate surface area is 176 Å². The zero-order valence-electron chi connectivity index (χ0n) is 17.4. The first-order valence-electron chi connectivity index (χ1n) is 10.3. The van der Waals surface area contributed by atoms with Crippen molar-refractivity contribution in [1.82, 2.24) is 15.2 Å². The summed E-state index contributed by atoms with van der Waals surface area (Å²) in [5.74, 6) is -0.0114. The van der Waals surface area contributed by atoms with Crippen molar-refractivity contribution in [2.45, 2.75) is 33.2 Å². The molecule has 6 heteroatoms. The molecule has 0 saturated heterocycles. The average molecular weight is 405 g/mol. The van der Waals surface area contributed by atoms with Gasteiger partial charge in [0.15, 0.2) is 5.69 Å². The molecule has 3 aromatic rings. The fourth-order valence-electron chi connectivity index (χ4n) is 3.12. The molecule has 0 unspecified atom stereocenters. The summed E-state index contributed by atoms with van der Waals surface area (Å²) in [6.45, 7) is 5.36. The lowest BCUT2D eigenvalue weighted by atomic mass is 10.0. The highest BCUT2D eigenvalue weighted by Crippen LogP contribution is 2.20. The maximum absolute atomic E-state index is 13.0.